The molecule has 5 nitrogen and oxygen atoms in total. The third-order valence-electron chi connectivity index (χ3n) is 4.76. The third kappa shape index (κ3) is 5.30. The molecule has 138 valence electrons. The van der Waals surface area contributed by atoms with Gasteiger partial charge in [-0.1, -0.05) is 42.5 Å². The van der Waals surface area contributed by atoms with E-state index in [1.165, 1.54) is 36.1 Å². The van der Waals surface area contributed by atoms with E-state index < -0.39 is 0 Å². The molecule has 0 spiro atoms. The molecule has 26 heavy (non-hydrogen) atoms. The van der Waals surface area contributed by atoms with Crippen molar-refractivity contribution in [3.8, 4) is 0 Å². The average Bonchev–Trinajstić information content (AvgIpc) is 3.47. The Morgan fingerprint density at radius 1 is 1.04 bits per heavy atom. The second-order valence-corrected chi connectivity index (χ2v) is 6.92. The van der Waals surface area contributed by atoms with E-state index >= 15 is 0 Å². The lowest BCUT2D eigenvalue weighted by molar-refractivity contribution is -0.122. The Morgan fingerprint density at radius 2 is 1.77 bits per heavy atom. The van der Waals surface area contributed by atoms with Gasteiger partial charge in [0.1, 0.15) is 0 Å². The summed E-state index contributed by atoms with van der Waals surface area (Å²) in [7, 11) is 0. The van der Waals surface area contributed by atoms with Gasteiger partial charge in [0.2, 0.25) is 11.8 Å². The predicted molar refractivity (Wildman–Crippen MR) is 104 cm³/mol. The van der Waals surface area contributed by atoms with Crippen LogP contribution in [-0.2, 0) is 16.1 Å². The smallest absolute Gasteiger partial charge is 0.221 e. The maximum absolute atomic E-state index is 12.0. The van der Waals surface area contributed by atoms with Gasteiger partial charge >= 0.3 is 0 Å². The Kier molecular flexibility index (Phi) is 6.23. The maximum Gasteiger partial charge on any atom is 0.221 e. The van der Waals surface area contributed by atoms with E-state index in [1.807, 2.05) is 0 Å². The number of benzene rings is 2. The van der Waals surface area contributed by atoms with Gasteiger partial charge < -0.3 is 10.6 Å². The first-order valence-corrected chi connectivity index (χ1v) is 9.35. The molecular formula is C21H27N3O2. The highest BCUT2D eigenvalue weighted by Crippen LogP contribution is 2.30. The monoisotopic (exact) mass is 353 g/mol. The lowest BCUT2D eigenvalue weighted by atomic mass is 10.0. The highest BCUT2D eigenvalue weighted by Gasteiger charge is 2.29. The fourth-order valence-electron chi connectivity index (χ4n) is 3.25. The highest BCUT2D eigenvalue weighted by atomic mass is 16.2. The number of nitrogens with one attached hydrogen (secondary N) is 2. The van der Waals surface area contributed by atoms with Crippen molar-refractivity contribution >= 4 is 22.6 Å². The predicted octanol–water partition coefficient (Wildman–Crippen LogP) is 2.45. The topological polar surface area (TPSA) is 61.4 Å². The Morgan fingerprint density at radius 3 is 2.54 bits per heavy atom. The molecule has 1 aliphatic rings. The average molecular weight is 353 g/mol. The van der Waals surface area contributed by atoms with Crippen LogP contribution in [0, 0.1) is 0 Å². The summed E-state index contributed by atoms with van der Waals surface area (Å²) >= 11 is 0. The lowest BCUT2D eigenvalue weighted by Gasteiger charge is -2.22. The summed E-state index contributed by atoms with van der Waals surface area (Å²) in [6.45, 7) is 4.07. The molecular weight excluding hydrogens is 326 g/mol. The number of carbonyl (C=O) groups excluding carboxylic acids is 2. The van der Waals surface area contributed by atoms with Crippen LogP contribution >= 0.6 is 0 Å². The summed E-state index contributed by atoms with van der Waals surface area (Å²) in [5, 5.41) is 8.10. The second kappa shape index (κ2) is 8.81. The molecule has 2 aromatic carbocycles. The lowest BCUT2D eigenvalue weighted by Crippen LogP contribution is -2.36. The Balaban J connectivity index is 1.53. The minimum atomic E-state index is -0.0748. The molecule has 0 unspecified atom stereocenters. The van der Waals surface area contributed by atoms with E-state index in [2.05, 4.69) is 58.0 Å². The first kappa shape index (κ1) is 18.4. The minimum Gasteiger partial charge on any atom is -0.355 e. The highest BCUT2D eigenvalue weighted by molar-refractivity contribution is 5.85. The zero-order chi connectivity index (χ0) is 18.4. The zero-order valence-electron chi connectivity index (χ0n) is 15.3. The molecule has 0 bridgehead atoms. The fourth-order valence-corrected chi connectivity index (χ4v) is 3.25. The van der Waals surface area contributed by atoms with Crippen LogP contribution in [0.2, 0.25) is 0 Å². The fraction of sp³-hybridized carbons (Fsp3) is 0.429. The molecule has 0 aromatic heterocycles. The molecule has 1 saturated carbocycles. The van der Waals surface area contributed by atoms with Crippen LogP contribution in [0.1, 0.15) is 31.7 Å². The summed E-state index contributed by atoms with van der Waals surface area (Å²) in [4.78, 5) is 25.3. The quantitative estimate of drug-likeness (QED) is 0.681. The summed E-state index contributed by atoms with van der Waals surface area (Å²) in [5.41, 5.74) is 1.32. The van der Waals surface area contributed by atoms with Crippen molar-refractivity contribution in [1.82, 2.24) is 15.5 Å². The Labute approximate surface area is 154 Å². The van der Waals surface area contributed by atoms with Crippen molar-refractivity contribution in [1.29, 1.82) is 0 Å². The van der Waals surface area contributed by atoms with Crippen LogP contribution < -0.4 is 10.6 Å². The van der Waals surface area contributed by atoms with Gasteiger partial charge in [-0.2, -0.15) is 0 Å². The minimum absolute atomic E-state index is 0.0407. The van der Waals surface area contributed by atoms with Gasteiger partial charge in [-0.3, -0.25) is 14.5 Å². The van der Waals surface area contributed by atoms with E-state index in [-0.39, 0.29) is 11.8 Å². The molecule has 1 aliphatic carbocycles. The van der Waals surface area contributed by atoms with Gasteiger partial charge in [0.05, 0.1) is 0 Å². The standard InChI is InChI=1S/C21H27N3O2/c1-16(25)22-12-13-23-21(26)11-14-24(19-9-10-19)15-18-7-4-6-17-5-2-3-8-20(17)18/h2-8,19H,9-15H2,1H3,(H,22,25)(H,23,26). The third-order valence-corrected chi connectivity index (χ3v) is 4.76. The number of amides is 2. The number of hydrogen-bond acceptors (Lipinski definition) is 3. The van der Waals surface area contributed by atoms with E-state index in [0.717, 1.165) is 13.1 Å². The molecule has 3 rings (SSSR count). The van der Waals surface area contributed by atoms with Crippen LogP contribution in [0.4, 0.5) is 0 Å². The molecule has 0 atom stereocenters. The number of fused-ring (bicyclic) bond motifs is 1. The SMILES string of the molecule is CC(=O)NCCNC(=O)CCN(Cc1cccc2ccccc12)C1CC1. The van der Waals surface area contributed by atoms with Gasteiger partial charge in [-0.05, 0) is 29.2 Å². The van der Waals surface area contributed by atoms with Gasteiger partial charge in [0.15, 0.2) is 0 Å². The number of carbonyl (C=O) groups is 2. The molecule has 2 amide bonds. The summed E-state index contributed by atoms with van der Waals surface area (Å²) in [6.07, 6.45) is 2.92. The van der Waals surface area contributed by atoms with Gasteiger partial charge in [-0.15, -0.1) is 0 Å². The normalized spacial score (nSPS) is 13.8. The van der Waals surface area contributed by atoms with E-state index in [4.69, 9.17) is 0 Å². The maximum atomic E-state index is 12.0. The molecule has 0 saturated heterocycles. The molecule has 1 fully saturated rings. The number of hydrogen-bond donors (Lipinski definition) is 2. The summed E-state index contributed by atoms with van der Waals surface area (Å²) in [5.74, 6) is -0.0341. The Bertz CT molecular complexity index is 765. The van der Waals surface area contributed by atoms with E-state index in [1.54, 1.807) is 0 Å². The van der Waals surface area contributed by atoms with Crippen LogP contribution in [-0.4, -0.2) is 42.4 Å². The molecule has 2 aromatic rings. The van der Waals surface area contributed by atoms with Crippen molar-refractivity contribution in [3.05, 3.63) is 48.0 Å². The van der Waals surface area contributed by atoms with Crippen LogP contribution in [0.25, 0.3) is 10.8 Å². The van der Waals surface area contributed by atoms with Crippen molar-refractivity contribution in [2.75, 3.05) is 19.6 Å². The molecule has 0 aliphatic heterocycles. The second-order valence-electron chi connectivity index (χ2n) is 6.92. The van der Waals surface area contributed by atoms with E-state index in [0.29, 0.717) is 25.6 Å². The number of nitrogens with zero attached hydrogens (tertiary/aromatic N) is 1. The summed E-state index contributed by atoms with van der Waals surface area (Å²) < 4.78 is 0. The zero-order valence-corrected chi connectivity index (χ0v) is 15.3. The first-order valence-electron chi connectivity index (χ1n) is 9.35. The summed E-state index contributed by atoms with van der Waals surface area (Å²) in [6, 6.07) is 15.5. The van der Waals surface area contributed by atoms with Crippen molar-refractivity contribution < 1.29 is 9.59 Å². The first-order chi connectivity index (χ1) is 12.6. The molecule has 2 N–H and O–H groups in total. The van der Waals surface area contributed by atoms with Gasteiger partial charge in [0.25, 0.3) is 0 Å². The largest absolute Gasteiger partial charge is 0.355 e. The van der Waals surface area contributed by atoms with Crippen LogP contribution in [0.15, 0.2) is 42.5 Å². The number of rotatable bonds is 9. The van der Waals surface area contributed by atoms with Crippen molar-refractivity contribution in [2.45, 2.75) is 38.8 Å². The van der Waals surface area contributed by atoms with Gasteiger partial charge in [-0.25, -0.2) is 0 Å². The van der Waals surface area contributed by atoms with Crippen molar-refractivity contribution in [2.24, 2.45) is 0 Å². The molecule has 5 heteroatoms. The Hall–Kier alpha value is -2.40. The van der Waals surface area contributed by atoms with Crippen LogP contribution in [0.5, 0.6) is 0 Å². The van der Waals surface area contributed by atoms with Gasteiger partial charge in [0, 0.05) is 45.6 Å². The van der Waals surface area contributed by atoms with Crippen molar-refractivity contribution in [3.63, 3.8) is 0 Å². The van der Waals surface area contributed by atoms with Crippen LogP contribution in [0.3, 0.4) is 0 Å². The van der Waals surface area contributed by atoms with E-state index in [9.17, 15) is 9.59 Å². The molecule has 0 radical (unpaired) electrons. The molecule has 0 heterocycles.